The number of hydrogen-bond acceptors (Lipinski definition) is 4. The van der Waals surface area contributed by atoms with Gasteiger partial charge in [-0.1, -0.05) is 36.4 Å². The third kappa shape index (κ3) is 3.47. The smallest absolute Gasteiger partial charge is 0.280 e. The molecule has 0 bridgehead atoms. The maximum atomic E-state index is 13.0. The number of carbonyl (C=O) groups excluding carboxylic acids is 2. The van der Waals surface area contributed by atoms with Crippen LogP contribution in [0.2, 0.25) is 0 Å². The molecule has 1 atom stereocenters. The maximum Gasteiger partial charge on any atom is 0.280 e. The fourth-order valence-corrected chi connectivity index (χ4v) is 3.35. The summed E-state index contributed by atoms with van der Waals surface area (Å²) in [7, 11) is 1.65. The Morgan fingerprint density at radius 3 is 2.72 bits per heavy atom. The number of aryl methyl sites for hydroxylation is 1. The number of nitrogens with zero attached hydrogens (tertiary/aromatic N) is 3. The number of carbonyl (C=O) groups is 2. The number of ether oxygens (including phenoxy) is 1. The molecule has 0 aliphatic carbocycles. The molecule has 1 aromatic heterocycles. The Labute approximate surface area is 168 Å². The van der Waals surface area contributed by atoms with E-state index >= 15 is 0 Å². The van der Waals surface area contributed by atoms with Gasteiger partial charge in [0, 0.05) is 13.2 Å². The SMILES string of the molecule is Cc1ccc2c(c1)N(C)C(=O)C(C)(C(=O)Nc1cnn(Cc3ccccc3)c1)O2. The van der Waals surface area contributed by atoms with Crippen molar-refractivity contribution in [3.63, 3.8) is 0 Å². The molecule has 7 nitrogen and oxygen atoms in total. The number of fused-ring (bicyclic) bond motifs is 1. The van der Waals surface area contributed by atoms with Crippen LogP contribution in [0.3, 0.4) is 0 Å². The zero-order chi connectivity index (χ0) is 20.6. The Hall–Kier alpha value is -3.61. The van der Waals surface area contributed by atoms with E-state index in [1.807, 2.05) is 49.4 Å². The van der Waals surface area contributed by atoms with Crippen molar-refractivity contribution in [2.45, 2.75) is 26.0 Å². The molecule has 2 heterocycles. The maximum absolute atomic E-state index is 13.0. The molecule has 2 aromatic carbocycles. The molecule has 0 saturated heterocycles. The van der Waals surface area contributed by atoms with Gasteiger partial charge >= 0.3 is 0 Å². The van der Waals surface area contributed by atoms with Crippen LogP contribution in [0.5, 0.6) is 5.75 Å². The van der Waals surface area contributed by atoms with Gasteiger partial charge in [0.05, 0.1) is 24.1 Å². The molecule has 0 saturated carbocycles. The van der Waals surface area contributed by atoms with Crippen LogP contribution in [0.15, 0.2) is 60.9 Å². The van der Waals surface area contributed by atoms with Crippen LogP contribution in [-0.4, -0.2) is 34.2 Å². The average molecular weight is 390 g/mol. The molecule has 1 aliphatic rings. The minimum absolute atomic E-state index is 0.426. The van der Waals surface area contributed by atoms with Gasteiger partial charge in [-0.05, 0) is 37.1 Å². The fraction of sp³-hybridized carbons (Fsp3) is 0.227. The topological polar surface area (TPSA) is 76.5 Å². The number of amides is 2. The first-order chi connectivity index (χ1) is 13.9. The third-order valence-electron chi connectivity index (χ3n) is 5.01. The molecule has 0 spiro atoms. The molecular weight excluding hydrogens is 368 g/mol. The van der Waals surface area contributed by atoms with E-state index in [0.29, 0.717) is 23.7 Å². The van der Waals surface area contributed by atoms with E-state index in [-0.39, 0.29) is 0 Å². The van der Waals surface area contributed by atoms with E-state index < -0.39 is 17.4 Å². The molecule has 2 amide bonds. The van der Waals surface area contributed by atoms with Crippen molar-refractivity contribution in [1.29, 1.82) is 0 Å². The van der Waals surface area contributed by atoms with Crippen LogP contribution in [0.25, 0.3) is 0 Å². The molecule has 4 rings (SSSR count). The first-order valence-corrected chi connectivity index (χ1v) is 9.32. The first-order valence-electron chi connectivity index (χ1n) is 9.32. The molecule has 0 fully saturated rings. The largest absolute Gasteiger partial charge is 0.465 e. The highest BCUT2D eigenvalue weighted by Crippen LogP contribution is 2.38. The summed E-state index contributed by atoms with van der Waals surface area (Å²) in [4.78, 5) is 27.3. The third-order valence-corrected chi connectivity index (χ3v) is 5.01. The monoisotopic (exact) mass is 390 g/mol. The number of anilines is 2. The summed E-state index contributed by atoms with van der Waals surface area (Å²) in [6.07, 6.45) is 3.28. The second kappa shape index (κ2) is 7.09. The van der Waals surface area contributed by atoms with E-state index in [9.17, 15) is 9.59 Å². The Kier molecular flexibility index (Phi) is 4.58. The van der Waals surface area contributed by atoms with Gasteiger partial charge in [-0.15, -0.1) is 0 Å². The summed E-state index contributed by atoms with van der Waals surface area (Å²) in [6, 6.07) is 15.4. The van der Waals surface area contributed by atoms with Gasteiger partial charge in [0.1, 0.15) is 5.75 Å². The van der Waals surface area contributed by atoms with Gasteiger partial charge in [0.2, 0.25) is 0 Å². The van der Waals surface area contributed by atoms with Crippen molar-refractivity contribution in [2.75, 3.05) is 17.3 Å². The highest BCUT2D eigenvalue weighted by molar-refractivity contribution is 6.19. The summed E-state index contributed by atoms with van der Waals surface area (Å²) < 4.78 is 7.59. The van der Waals surface area contributed by atoms with Crippen LogP contribution in [0.1, 0.15) is 18.1 Å². The molecule has 29 heavy (non-hydrogen) atoms. The van der Waals surface area contributed by atoms with Gasteiger partial charge < -0.3 is 15.0 Å². The van der Waals surface area contributed by atoms with Crippen LogP contribution < -0.4 is 15.0 Å². The quantitative estimate of drug-likeness (QED) is 0.695. The van der Waals surface area contributed by atoms with Crippen molar-refractivity contribution in [3.8, 4) is 5.75 Å². The van der Waals surface area contributed by atoms with Gasteiger partial charge in [-0.25, -0.2) is 0 Å². The summed E-state index contributed by atoms with van der Waals surface area (Å²) >= 11 is 0. The zero-order valence-electron chi connectivity index (χ0n) is 16.5. The number of aromatic nitrogens is 2. The Bertz CT molecular complexity index is 1080. The number of hydrogen-bond donors (Lipinski definition) is 1. The number of rotatable bonds is 4. The van der Waals surface area contributed by atoms with Crippen molar-refractivity contribution in [1.82, 2.24) is 9.78 Å². The predicted octanol–water partition coefficient (Wildman–Crippen LogP) is 2.99. The van der Waals surface area contributed by atoms with Crippen molar-refractivity contribution in [2.24, 2.45) is 0 Å². The molecule has 1 unspecified atom stereocenters. The summed E-state index contributed by atoms with van der Waals surface area (Å²) in [5.74, 6) is -0.472. The van der Waals surface area contributed by atoms with Crippen molar-refractivity contribution >= 4 is 23.2 Å². The van der Waals surface area contributed by atoms with E-state index in [4.69, 9.17) is 4.74 Å². The van der Waals surface area contributed by atoms with Gasteiger partial charge in [0.15, 0.2) is 0 Å². The lowest BCUT2D eigenvalue weighted by atomic mass is 10.00. The molecule has 148 valence electrons. The van der Waals surface area contributed by atoms with Gasteiger partial charge in [0.25, 0.3) is 17.4 Å². The molecule has 7 heteroatoms. The van der Waals surface area contributed by atoms with E-state index in [2.05, 4.69) is 10.4 Å². The predicted molar refractivity (Wildman–Crippen MR) is 110 cm³/mol. The normalized spacial score (nSPS) is 18.2. The molecular formula is C22H22N4O3. The number of nitrogens with one attached hydrogen (secondary N) is 1. The van der Waals surface area contributed by atoms with E-state index in [0.717, 1.165) is 11.1 Å². The highest BCUT2D eigenvalue weighted by Gasteiger charge is 2.49. The van der Waals surface area contributed by atoms with Gasteiger partial charge in [-0.2, -0.15) is 5.10 Å². The number of likely N-dealkylation sites (N-methyl/N-ethyl adjacent to an activating group) is 1. The van der Waals surface area contributed by atoms with E-state index in [1.54, 1.807) is 30.2 Å². The lowest BCUT2D eigenvalue weighted by Crippen LogP contribution is -2.59. The molecule has 1 aliphatic heterocycles. The standard InChI is InChI=1S/C22H22N4O3/c1-15-9-10-19-18(11-15)25(3)21(28)22(2,29-19)20(27)24-17-12-23-26(14-17)13-16-7-5-4-6-8-16/h4-12,14H,13H2,1-3H3,(H,24,27). The zero-order valence-corrected chi connectivity index (χ0v) is 16.5. The fourth-order valence-electron chi connectivity index (χ4n) is 3.35. The molecule has 0 radical (unpaired) electrons. The Balaban J connectivity index is 1.52. The van der Waals surface area contributed by atoms with Crippen molar-refractivity contribution in [3.05, 3.63) is 72.1 Å². The summed E-state index contributed by atoms with van der Waals surface area (Å²) in [6.45, 7) is 4.00. The first kappa shape index (κ1) is 18.7. The molecule has 1 N–H and O–H groups in total. The summed E-state index contributed by atoms with van der Waals surface area (Å²) in [5.41, 5.74) is 1.58. The summed E-state index contributed by atoms with van der Waals surface area (Å²) in [5, 5.41) is 7.03. The second-order valence-corrected chi connectivity index (χ2v) is 7.34. The van der Waals surface area contributed by atoms with Crippen LogP contribution in [-0.2, 0) is 16.1 Å². The minimum atomic E-state index is -1.67. The minimum Gasteiger partial charge on any atom is -0.465 e. The van der Waals surface area contributed by atoms with Crippen molar-refractivity contribution < 1.29 is 14.3 Å². The van der Waals surface area contributed by atoms with Crippen LogP contribution in [0.4, 0.5) is 11.4 Å². The Morgan fingerprint density at radius 2 is 1.97 bits per heavy atom. The average Bonchev–Trinajstić information content (AvgIpc) is 3.14. The highest BCUT2D eigenvalue weighted by atomic mass is 16.5. The van der Waals surface area contributed by atoms with E-state index in [1.165, 1.54) is 11.8 Å². The lowest BCUT2D eigenvalue weighted by molar-refractivity contribution is -0.144. The van der Waals surface area contributed by atoms with Crippen LogP contribution in [0, 0.1) is 6.92 Å². The second-order valence-electron chi connectivity index (χ2n) is 7.34. The Morgan fingerprint density at radius 1 is 1.21 bits per heavy atom. The molecule has 3 aromatic rings. The number of benzene rings is 2. The van der Waals surface area contributed by atoms with Gasteiger partial charge in [-0.3, -0.25) is 14.3 Å². The lowest BCUT2D eigenvalue weighted by Gasteiger charge is -2.37. The van der Waals surface area contributed by atoms with Crippen LogP contribution >= 0.6 is 0 Å².